The van der Waals surface area contributed by atoms with Crippen LogP contribution in [0, 0.1) is 5.92 Å². The number of carbonyl (C=O) groups is 1. The molecule has 116 valence electrons. The lowest BCUT2D eigenvalue weighted by atomic mass is 9.97. The largest absolute Gasteiger partial charge is 0.489 e. The highest BCUT2D eigenvalue weighted by Crippen LogP contribution is 2.32. The SMILES string of the molecule is COC(=O)C1CCN(CCOc2c(Cl)cccc2Cl)CC1. The number of carbonyl (C=O) groups excluding carboxylic acids is 1. The number of nitrogens with zero attached hydrogens (tertiary/aromatic N) is 1. The predicted octanol–water partition coefficient (Wildman–Crippen LogP) is 3.26. The van der Waals surface area contributed by atoms with Gasteiger partial charge in [0, 0.05) is 6.54 Å². The first-order valence-electron chi connectivity index (χ1n) is 6.99. The van der Waals surface area contributed by atoms with Gasteiger partial charge < -0.3 is 9.47 Å². The number of hydrogen-bond donors (Lipinski definition) is 0. The van der Waals surface area contributed by atoms with Gasteiger partial charge in [-0.15, -0.1) is 0 Å². The maximum Gasteiger partial charge on any atom is 0.308 e. The number of benzene rings is 1. The van der Waals surface area contributed by atoms with Gasteiger partial charge in [-0.3, -0.25) is 9.69 Å². The monoisotopic (exact) mass is 331 g/mol. The summed E-state index contributed by atoms with van der Waals surface area (Å²) in [7, 11) is 1.44. The lowest BCUT2D eigenvalue weighted by molar-refractivity contribution is -0.147. The molecule has 1 aliphatic heterocycles. The molecule has 1 aliphatic rings. The number of para-hydroxylation sites is 1. The molecule has 2 rings (SSSR count). The Morgan fingerprint density at radius 1 is 1.29 bits per heavy atom. The fourth-order valence-electron chi connectivity index (χ4n) is 2.46. The molecule has 21 heavy (non-hydrogen) atoms. The molecule has 1 aromatic rings. The number of ether oxygens (including phenoxy) is 2. The molecule has 0 unspecified atom stereocenters. The molecule has 0 radical (unpaired) electrons. The molecule has 6 heteroatoms. The Balaban J connectivity index is 1.74. The van der Waals surface area contributed by atoms with E-state index in [4.69, 9.17) is 32.7 Å². The van der Waals surface area contributed by atoms with Gasteiger partial charge in [0.05, 0.1) is 23.1 Å². The maximum atomic E-state index is 11.5. The molecule has 0 N–H and O–H groups in total. The third-order valence-corrected chi connectivity index (χ3v) is 4.29. The zero-order valence-corrected chi connectivity index (χ0v) is 13.5. The van der Waals surface area contributed by atoms with Crippen molar-refractivity contribution in [3.63, 3.8) is 0 Å². The van der Waals surface area contributed by atoms with Gasteiger partial charge in [0.2, 0.25) is 0 Å². The van der Waals surface area contributed by atoms with Crippen LogP contribution in [0.4, 0.5) is 0 Å². The smallest absolute Gasteiger partial charge is 0.308 e. The average molecular weight is 332 g/mol. The normalized spacial score (nSPS) is 16.7. The van der Waals surface area contributed by atoms with Crippen LogP contribution >= 0.6 is 23.2 Å². The van der Waals surface area contributed by atoms with Crippen molar-refractivity contribution in [1.29, 1.82) is 0 Å². The van der Waals surface area contributed by atoms with E-state index in [1.54, 1.807) is 18.2 Å². The molecule has 1 fully saturated rings. The first-order chi connectivity index (χ1) is 10.1. The van der Waals surface area contributed by atoms with Gasteiger partial charge in [0.25, 0.3) is 0 Å². The number of esters is 1. The first kappa shape index (κ1) is 16.4. The minimum absolute atomic E-state index is 0.0326. The number of halogens is 2. The van der Waals surface area contributed by atoms with Gasteiger partial charge in [-0.1, -0.05) is 29.3 Å². The van der Waals surface area contributed by atoms with E-state index >= 15 is 0 Å². The van der Waals surface area contributed by atoms with Crippen molar-refractivity contribution in [2.45, 2.75) is 12.8 Å². The Hall–Kier alpha value is -0.970. The van der Waals surface area contributed by atoms with E-state index in [1.165, 1.54) is 7.11 Å². The molecular weight excluding hydrogens is 313 g/mol. The van der Waals surface area contributed by atoms with Gasteiger partial charge in [0.1, 0.15) is 6.61 Å². The Bertz CT molecular complexity index is 468. The number of rotatable bonds is 5. The van der Waals surface area contributed by atoms with Crippen LogP contribution in [0.25, 0.3) is 0 Å². The van der Waals surface area contributed by atoms with E-state index in [-0.39, 0.29) is 11.9 Å². The van der Waals surface area contributed by atoms with Crippen molar-refractivity contribution in [2.75, 3.05) is 33.4 Å². The summed E-state index contributed by atoms with van der Waals surface area (Å²) < 4.78 is 10.4. The standard InChI is InChI=1S/C15H19Cl2NO3/c1-20-15(19)11-5-7-18(8-6-11)9-10-21-14-12(16)3-2-4-13(14)17/h2-4,11H,5-10H2,1H3. The molecule has 0 aromatic heterocycles. The third-order valence-electron chi connectivity index (χ3n) is 3.69. The highest BCUT2D eigenvalue weighted by Gasteiger charge is 2.25. The van der Waals surface area contributed by atoms with Crippen LogP contribution in [0.1, 0.15) is 12.8 Å². The van der Waals surface area contributed by atoms with Gasteiger partial charge >= 0.3 is 5.97 Å². The lowest BCUT2D eigenvalue weighted by Crippen LogP contribution is -2.38. The van der Waals surface area contributed by atoms with Crippen LogP contribution in [-0.2, 0) is 9.53 Å². The van der Waals surface area contributed by atoms with Crippen LogP contribution in [-0.4, -0.2) is 44.2 Å². The van der Waals surface area contributed by atoms with Crippen molar-refractivity contribution < 1.29 is 14.3 Å². The van der Waals surface area contributed by atoms with Crippen LogP contribution < -0.4 is 4.74 Å². The quantitative estimate of drug-likeness (QED) is 0.776. The Morgan fingerprint density at radius 3 is 2.48 bits per heavy atom. The van der Waals surface area contributed by atoms with E-state index in [2.05, 4.69) is 4.90 Å². The Kier molecular flexibility index (Phi) is 6.15. The van der Waals surface area contributed by atoms with Crippen LogP contribution in [0.2, 0.25) is 10.0 Å². The summed E-state index contributed by atoms with van der Waals surface area (Å²) in [4.78, 5) is 13.7. The summed E-state index contributed by atoms with van der Waals surface area (Å²) in [6.45, 7) is 3.06. The van der Waals surface area contributed by atoms with Crippen LogP contribution in [0.5, 0.6) is 5.75 Å². The molecule has 0 atom stereocenters. The number of piperidine rings is 1. The van der Waals surface area contributed by atoms with E-state index in [9.17, 15) is 4.79 Å². The van der Waals surface area contributed by atoms with Gasteiger partial charge in [-0.25, -0.2) is 0 Å². The summed E-state index contributed by atoms with van der Waals surface area (Å²) >= 11 is 12.1. The summed E-state index contributed by atoms with van der Waals surface area (Å²) in [6.07, 6.45) is 1.67. The van der Waals surface area contributed by atoms with Gasteiger partial charge in [0.15, 0.2) is 5.75 Å². The second kappa shape index (κ2) is 7.87. The third kappa shape index (κ3) is 4.50. The molecular formula is C15H19Cl2NO3. The molecule has 1 saturated heterocycles. The number of methoxy groups -OCH3 is 1. The van der Waals surface area contributed by atoms with Crippen molar-refractivity contribution >= 4 is 29.2 Å². The van der Waals surface area contributed by atoms with E-state index in [0.29, 0.717) is 22.4 Å². The van der Waals surface area contributed by atoms with Gasteiger partial charge in [-0.2, -0.15) is 0 Å². The van der Waals surface area contributed by atoms with Crippen molar-refractivity contribution in [3.05, 3.63) is 28.2 Å². The van der Waals surface area contributed by atoms with E-state index in [0.717, 1.165) is 32.5 Å². The van der Waals surface area contributed by atoms with Crippen molar-refractivity contribution in [1.82, 2.24) is 4.90 Å². The molecule has 0 spiro atoms. The van der Waals surface area contributed by atoms with Crippen molar-refractivity contribution in [2.24, 2.45) is 5.92 Å². The molecule has 0 saturated carbocycles. The second-order valence-electron chi connectivity index (χ2n) is 5.04. The second-order valence-corrected chi connectivity index (χ2v) is 5.85. The summed E-state index contributed by atoms with van der Waals surface area (Å²) in [5.41, 5.74) is 0. The van der Waals surface area contributed by atoms with Crippen LogP contribution in [0.15, 0.2) is 18.2 Å². The zero-order chi connectivity index (χ0) is 15.2. The summed E-state index contributed by atoms with van der Waals surface area (Å²) in [5.74, 6) is 0.462. The maximum absolute atomic E-state index is 11.5. The average Bonchev–Trinajstić information content (AvgIpc) is 2.50. The predicted molar refractivity (Wildman–Crippen MR) is 83.1 cm³/mol. The molecule has 1 heterocycles. The van der Waals surface area contributed by atoms with E-state index < -0.39 is 0 Å². The molecule has 0 amide bonds. The van der Waals surface area contributed by atoms with E-state index in [1.807, 2.05) is 0 Å². The molecule has 0 aliphatic carbocycles. The summed E-state index contributed by atoms with van der Waals surface area (Å²) in [6, 6.07) is 5.30. The highest BCUT2D eigenvalue weighted by molar-refractivity contribution is 6.37. The fourth-order valence-corrected chi connectivity index (χ4v) is 2.96. The molecule has 4 nitrogen and oxygen atoms in total. The lowest BCUT2D eigenvalue weighted by Gasteiger charge is -2.30. The summed E-state index contributed by atoms with van der Waals surface area (Å²) in [5, 5.41) is 1.04. The van der Waals surface area contributed by atoms with Crippen LogP contribution in [0.3, 0.4) is 0 Å². The van der Waals surface area contributed by atoms with Gasteiger partial charge in [-0.05, 0) is 38.1 Å². The van der Waals surface area contributed by atoms with Crippen molar-refractivity contribution in [3.8, 4) is 5.75 Å². The minimum Gasteiger partial charge on any atom is -0.489 e. The molecule has 1 aromatic carbocycles. The number of likely N-dealkylation sites (tertiary alicyclic amines) is 1. The Labute approximate surface area is 134 Å². The first-order valence-corrected chi connectivity index (χ1v) is 7.74. The molecule has 0 bridgehead atoms. The Morgan fingerprint density at radius 2 is 1.90 bits per heavy atom. The topological polar surface area (TPSA) is 38.8 Å². The minimum atomic E-state index is -0.103. The number of hydrogen-bond acceptors (Lipinski definition) is 4. The fraction of sp³-hybridized carbons (Fsp3) is 0.533. The highest BCUT2D eigenvalue weighted by atomic mass is 35.5. The zero-order valence-electron chi connectivity index (χ0n) is 12.0.